The van der Waals surface area contributed by atoms with Gasteiger partial charge in [-0.3, -0.25) is 4.79 Å². The molecule has 118 valence electrons. The van der Waals surface area contributed by atoms with Crippen LogP contribution in [0.25, 0.3) is 11.0 Å². The summed E-state index contributed by atoms with van der Waals surface area (Å²) in [6, 6.07) is 8.59. The van der Waals surface area contributed by atoms with Gasteiger partial charge in [-0.1, -0.05) is 37.7 Å². The number of aromatic nitrogens is 2. The Balaban J connectivity index is 1.83. The third-order valence-corrected chi connectivity index (χ3v) is 4.83. The van der Waals surface area contributed by atoms with Crippen LogP contribution in [0.5, 0.6) is 0 Å². The molecule has 1 amide bonds. The van der Waals surface area contributed by atoms with Crippen LogP contribution in [0, 0.1) is 5.92 Å². The fourth-order valence-electron chi connectivity index (χ4n) is 2.44. The minimum atomic E-state index is -0.122. The van der Waals surface area contributed by atoms with E-state index in [2.05, 4.69) is 29.8 Å². The second-order valence-electron chi connectivity index (χ2n) is 6.43. The first kappa shape index (κ1) is 15.4. The van der Waals surface area contributed by atoms with Crippen LogP contribution in [0.15, 0.2) is 29.4 Å². The zero-order chi connectivity index (χ0) is 15.7. The molecule has 5 heteroatoms. The third-order valence-electron chi connectivity index (χ3n) is 3.74. The quantitative estimate of drug-likeness (QED) is 0.830. The number of fused-ring (bicyclic) bond motifs is 1. The number of carbonyl (C=O) groups is 1. The van der Waals surface area contributed by atoms with Gasteiger partial charge in [0.1, 0.15) is 0 Å². The van der Waals surface area contributed by atoms with Crippen molar-refractivity contribution >= 4 is 28.7 Å². The van der Waals surface area contributed by atoms with Gasteiger partial charge in [0.25, 0.3) is 0 Å². The van der Waals surface area contributed by atoms with Gasteiger partial charge >= 0.3 is 0 Å². The Kier molecular flexibility index (Phi) is 4.43. The summed E-state index contributed by atoms with van der Waals surface area (Å²) >= 11 is 1.56. The molecule has 2 aromatic rings. The maximum atomic E-state index is 12.2. The van der Waals surface area contributed by atoms with Crippen LogP contribution in [0.1, 0.15) is 33.6 Å². The largest absolute Gasteiger partial charge is 0.352 e. The summed E-state index contributed by atoms with van der Waals surface area (Å²) in [6.07, 6.45) is 2.24. The summed E-state index contributed by atoms with van der Waals surface area (Å²) in [5.74, 6) is 0.656. The summed E-state index contributed by atoms with van der Waals surface area (Å²) in [5, 5.41) is 3.89. The summed E-state index contributed by atoms with van der Waals surface area (Å²) in [5.41, 5.74) is 2.15. The zero-order valence-corrected chi connectivity index (χ0v) is 14.2. The van der Waals surface area contributed by atoms with Crippen LogP contribution in [-0.4, -0.2) is 26.8 Å². The van der Waals surface area contributed by atoms with Crippen LogP contribution in [0.4, 0.5) is 0 Å². The van der Waals surface area contributed by atoms with E-state index in [1.54, 1.807) is 11.8 Å². The molecule has 1 aromatic carbocycles. The SMILES string of the molecule is CC(C)Cn1c(S[C@@H](C)C(=O)NC2CC2)nc2ccccc21. The van der Waals surface area contributed by atoms with Gasteiger partial charge in [-0.05, 0) is 37.8 Å². The molecule has 1 saturated carbocycles. The topological polar surface area (TPSA) is 46.9 Å². The molecule has 1 atom stereocenters. The number of benzene rings is 1. The van der Waals surface area contributed by atoms with Crippen molar-refractivity contribution in [2.45, 2.75) is 56.6 Å². The lowest BCUT2D eigenvalue weighted by molar-refractivity contribution is -0.120. The lowest BCUT2D eigenvalue weighted by atomic mass is 10.2. The average molecular weight is 317 g/mol. The lowest BCUT2D eigenvalue weighted by Crippen LogP contribution is -2.32. The third kappa shape index (κ3) is 3.46. The van der Waals surface area contributed by atoms with E-state index in [9.17, 15) is 4.79 Å². The van der Waals surface area contributed by atoms with Gasteiger partial charge in [-0.2, -0.15) is 0 Å². The predicted molar refractivity (Wildman–Crippen MR) is 91.1 cm³/mol. The van der Waals surface area contributed by atoms with E-state index in [1.165, 1.54) is 0 Å². The molecule has 0 radical (unpaired) electrons. The molecule has 0 saturated heterocycles. The molecule has 1 heterocycles. The van der Waals surface area contributed by atoms with Crippen molar-refractivity contribution in [2.75, 3.05) is 0 Å². The molecule has 1 aliphatic carbocycles. The van der Waals surface area contributed by atoms with Gasteiger partial charge in [0.15, 0.2) is 5.16 Å². The number of rotatable bonds is 6. The van der Waals surface area contributed by atoms with E-state index < -0.39 is 0 Å². The molecule has 1 aliphatic rings. The van der Waals surface area contributed by atoms with E-state index in [0.717, 1.165) is 35.6 Å². The Hall–Kier alpha value is -1.49. The molecule has 22 heavy (non-hydrogen) atoms. The Labute approximate surface area is 135 Å². The van der Waals surface area contributed by atoms with Gasteiger partial charge in [0.2, 0.25) is 5.91 Å². The molecule has 1 aromatic heterocycles. The number of nitrogens with one attached hydrogen (secondary N) is 1. The number of nitrogens with zero attached hydrogens (tertiary/aromatic N) is 2. The molecule has 3 rings (SSSR count). The Morgan fingerprint density at radius 1 is 1.36 bits per heavy atom. The Morgan fingerprint density at radius 3 is 2.77 bits per heavy atom. The van der Waals surface area contributed by atoms with Gasteiger partial charge in [0.05, 0.1) is 16.3 Å². The lowest BCUT2D eigenvalue weighted by Gasteiger charge is -2.14. The van der Waals surface area contributed by atoms with Gasteiger partial charge in [0, 0.05) is 12.6 Å². The highest BCUT2D eigenvalue weighted by molar-refractivity contribution is 8.00. The van der Waals surface area contributed by atoms with Crippen molar-refractivity contribution in [1.29, 1.82) is 0 Å². The highest BCUT2D eigenvalue weighted by Crippen LogP contribution is 2.29. The number of imidazole rings is 1. The molecule has 0 bridgehead atoms. The summed E-state index contributed by atoms with van der Waals surface area (Å²) in [4.78, 5) is 16.9. The van der Waals surface area contributed by atoms with E-state index in [-0.39, 0.29) is 11.2 Å². The van der Waals surface area contributed by atoms with Crippen molar-refractivity contribution in [3.63, 3.8) is 0 Å². The van der Waals surface area contributed by atoms with Crippen molar-refractivity contribution in [1.82, 2.24) is 14.9 Å². The van der Waals surface area contributed by atoms with E-state index in [0.29, 0.717) is 12.0 Å². The van der Waals surface area contributed by atoms with Crippen LogP contribution >= 0.6 is 11.8 Å². The van der Waals surface area contributed by atoms with Crippen LogP contribution in [0.2, 0.25) is 0 Å². The van der Waals surface area contributed by atoms with Crippen molar-refractivity contribution in [2.24, 2.45) is 5.92 Å². The van der Waals surface area contributed by atoms with E-state index in [4.69, 9.17) is 4.98 Å². The highest BCUT2D eigenvalue weighted by atomic mass is 32.2. The number of hydrogen-bond donors (Lipinski definition) is 1. The highest BCUT2D eigenvalue weighted by Gasteiger charge is 2.27. The molecule has 0 spiro atoms. The fourth-order valence-corrected chi connectivity index (χ4v) is 3.39. The second kappa shape index (κ2) is 6.32. The van der Waals surface area contributed by atoms with Crippen molar-refractivity contribution in [3.8, 4) is 0 Å². The minimum Gasteiger partial charge on any atom is -0.352 e. The van der Waals surface area contributed by atoms with Crippen molar-refractivity contribution in [3.05, 3.63) is 24.3 Å². The molecule has 1 fully saturated rings. The minimum absolute atomic E-state index is 0.121. The molecular weight excluding hydrogens is 294 g/mol. The number of hydrogen-bond acceptors (Lipinski definition) is 3. The first-order valence-corrected chi connectivity index (χ1v) is 8.85. The summed E-state index contributed by atoms with van der Waals surface area (Å²) < 4.78 is 2.24. The number of para-hydroxylation sites is 2. The maximum absolute atomic E-state index is 12.2. The van der Waals surface area contributed by atoms with Crippen LogP contribution in [-0.2, 0) is 11.3 Å². The van der Waals surface area contributed by atoms with E-state index in [1.807, 2.05) is 25.1 Å². The Morgan fingerprint density at radius 2 is 2.09 bits per heavy atom. The first-order valence-electron chi connectivity index (χ1n) is 7.97. The van der Waals surface area contributed by atoms with Crippen molar-refractivity contribution < 1.29 is 4.79 Å². The normalized spacial score (nSPS) is 16.2. The predicted octanol–water partition coefficient (Wildman–Crippen LogP) is 3.45. The number of carbonyl (C=O) groups excluding carboxylic acids is 1. The fraction of sp³-hybridized carbons (Fsp3) is 0.529. The molecule has 0 unspecified atom stereocenters. The smallest absolute Gasteiger partial charge is 0.233 e. The Bertz CT molecular complexity index is 676. The summed E-state index contributed by atoms with van der Waals surface area (Å²) in [6.45, 7) is 7.28. The molecule has 1 N–H and O–H groups in total. The average Bonchev–Trinajstić information content (AvgIpc) is 3.22. The van der Waals surface area contributed by atoms with Gasteiger partial charge in [-0.15, -0.1) is 0 Å². The summed E-state index contributed by atoms with van der Waals surface area (Å²) in [7, 11) is 0. The molecular formula is C17H23N3OS. The van der Waals surface area contributed by atoms with Gasteiger partial charge < -0.3 is 9.88 Å². The maximum Gasteiger partial charge on any atom is 0.233 e. The standard InChI is InChI=1S/C17H23N3OS/c1-11(2)10-20-15-7-5-4-6-14(15)19-17(20)22-12(3)16(21)18-13-8-9-13/h4-7,11-13H,8-10H2,1-3H3,(H,18,21)/t12-/m0/s1. The first-order chi connectivity index (χ1) is 10.5. The monoisotopic (exact) mass is 317 g/mol. The van der Waals surface area contributed by atoms with Crippen LogP contribution < -0.4 is 5.32 Å². The van der Waals surface area contributed by atoms with E-state index >= 15 is 0 Å². The number of thioether (sulfide) groups is 1. The zero-order valence-electron chi connectivity index (χ0n) is 13.4. The van der Waals surface area contributed by atoms with Crippen LogP contribution in [0.3, 0.4) is 0 Å². The van der Waals surface area contributed by atoms with Gasteiger partial charge in [-0.25, -0.2) is 4.98 Å². The second-order valence-corrected chi connectivity index (χ2v) is 7.74. The number of amides is 1. The molecule has 0 aliphatic heterocycles. The molecule has 4 nitrogen and oxygen atoms in total.